The first-order valence-electron chi connectivity index (χ1n) is 7.64. The number of carboxylic acids is 1. The summed E-state index contributed by atoms with van der Waals surface area (Å²) in [6, 6.07) is 0. The van der Waals surface area contributed by atoms with Gasteiger partial charge in [0.1, 0.15) is 0 Å². The van der Waals surface area contributed by atoms with E-state index in [9.17, 15) is 9.90 Å². The van der Waals surface area contributed by atoms with Crippen molar-refractivity contribution in [2.75, 3.05) is 53.6 Å². The first kappa shape index (κ1) is 19.4. The smallest absolute Gasteiger partial charge is 0.0784 e. The summed E-state index contributed by atoms with van der Waals surface area (Å²) in [5.74, 6) is -1.09. The van der Waals surface area contributed by atoms with E-state index in [2.05, 4.69) is 18.7 Å². The molecule has 1 rings (SSSR count). The lowest BCUT2D eigenvalue weighted by molar-refractivity contribution is -0.914. The van der Waals surface area contributed by atoms with Crippen LogP contribution >= 0.6 is 0 Å². The number of carbonyl (C=O) groups is 1. The highest BCUT2D eigenvalue weighted by Crippen LogP contribution is 2.15. The molecule has 0 aromatic rings. The molecule has 0 amide bonds. The van der Waals surface area contributed by atoms with Crippen LogP contribution in [0.2, 0.25) is 0 Å². The maximum absolute atomic E-state index is 9.81. The molecule has 120 valence electrons. The van der Waals surface area contributed by atoms with Gasteiger partial charge in [-0.2, -0.15) is 0 Å². The molecule has 1 saturated heterocycles. The molecule has 0 spiro atoms. The quantitative estimate of drug-likeness (QED) is 0.490. The van der Waals surface area contributed by atoms with E-state index < -0.39 is 5.97 Å². The minimum absolute atomic E-state index is 0.0519. The standard InChI is InChI=1S/C9H20N.C6H12O4/c1-3-7-10(2)8-5-4-6-9-10;1-9-4-5-10-3-2-6(7)8/h3-9H2,1-2H3;2-5H2,1H3,(H,7,8)/q+1;/p-1. The third-order valence-electron chi connectivity index (χ3n) is 3.54. The number of hydrogen-bond donors (Lipinski definition) is 0. The lowest BCUT2D eigenvalue weighted by Crippen LogP contribution is -2.48. The second-order valence-electron chi connectivity index (χ2n) is 5.58. The molecular formula is C15H31NO4. The van der Waals surface area contributed by atoms with Crippen molar-refractivity contribution in [3.05, 3.63) is 0 Å². The third-order valence-corrected chi connectivity index (χ3v) is 3.54. The van der Waals surface area contributed by atoms with Gasteiger partial charge >= 0.3 is 0 Å². The molecule has 0 aromatic carbocycles. The number of hydrogen-bond acceptors (Lipinski definition) is 4. The molecule has 0 aromatic heterocycles. The van der Waals surface area contributed by atoms with Crippen molar-refractivity contribution in [2.45, 2.75) is 39.0 Å². The van der Waals surface area contributed by atoms with Crippen LogP contribution in [0.3, 0.4) is 0 Å². The van der Waals surface area contributed by atoms with Crippen LogP contribution in [-0.4, -0.2) is 64.1 Å². The van der Waals surface area contributed by atoms with Crippen LogP contribution in [0.15, 0.2) is 0 Å². The van der Waals surface area contributed by atoms with Crippen LogP contribution < -0.4 is 5.11 Å². The second kappa shape index (κ2) is 12.1. The molecule has 5 nitrogen and oxygen atoms in total. The van der Waals surface area contributed by atoms with Crippen LogP contribution in [0.5, 0.6) is 0 Å². The van der Waals surface area contributed by atoms with Crippen LogP contribution in [0.1, 0.15) is 39.0 Å². The topological polar surface area (TPSA) is 58.6 Å². The zero-order valence-corrected chi connectivity index (χ0v) is 13.4. The SMILES string of the molecule is CCC[N+]1(C)CCCCC1.COCCOCCC(=O)[O-]. The molecule has 1 fully saturated rings. The van der Waals surface area contributed by atoms with Gasteiger partial charge in [0.15, 0.2) is 0 Å². The molecule has 0 radical (unpaired) electrons. The predicted octanol–water partition coefficient (Wildman–Crippen LogP) is 0.816. The number of piperidine rings is 1. The maximum atomic E-state index is 9.81. The van der Waals surface area contributed by atoms with Gasteiger partial charge in [0.25, 0.3) is 0 Å². The first-order valence-corrected chi connectivity index (χ1v) is 7.64. The van der Waals surface area contributed by atoms with Crippen LogP contribution in [0.4, 0.5) is 0 Å². The van der Waals surface area contributed by atoms with Crippen molar-refractivity contribution in [2.24, 2.45) is 0 Å². The Kier molecular flexibility index (Phi) is 11.7. The van der Waals surface area contributed by atoms with E-state index in [0.29, 0.717) is 13.2 Å². The molecular weight excluding hydrogens is 258 g/mol. The van der Waals surface area contributed by atoms with Crippen molar-refractivity contribution in [3.8, 4) is 0 Å². The largest absolute Gasteiger partial charge is 0.550 e. The molecule has 5 heteroatoms. The molecule has 20 heavy (non-hydrogen) atoms. The number of rotatable bonds is 8. The minimum Gasteiger partial charge on any atom is -0.550 e. The van der Waals surface area contributed by atoms with Gasteiger partial charge in [0.2, 0.25) is 0 Å². The number of carboxylic acid groups (broad SMARTS) is 1. The number of methoxy groups -OCH3 is 1. The van der Waals surface area contributed by atoms with E-state index in [4.69, 9.17) is 4.74 Å². The van der Waals surface area contributed by atoms with Crippen LogP contribution in [0, 0.1) is 0 Å². The van der Waals surface area contributed by atoms with E-state index in [1.807, 2.05) is 0 Å². The minimum atomic E-state index is -1.09. The highest BCUT2D eigenvalue weighted by Gasteiger charge is 2.22. The number of likely N-dealkylation sites (tertiary alicyclic amines) is 1. The fourth-order valence-electron chi connectivity index (χ4n) is 2.44. The molecule has 1 aliphatic rings. The summed E-state index contributed by atoms with van der Waals surface area (Å²) >= 11 is 0. The van der Waals surface area contributed by atoms with Gasteiger partial charge in [-0.3, -0.25) is 0 Å². The highest BCUT2D eigenvalue weighted by molar-refractivity contribution is 5.64. The zero-order valence-electron chi connectivity index (χ0n) is 13.4. The lowest BCUT2D eigenvalue weighted by Gasteiger charge is -2.37. The van der Waals surface area contributed by atoms with Gasteiger partial charge < -0.3 is 23.9 Å². The molecule has 0 saturated carbocycles. The molecule has 0 N–H and O–H groups in total. The van der Waals surface area contributed by atoms with E-state index in [1.54, 1.807) is 7.11 Å². The van der Waals surface area contributed by atoms with E-state index >= 15 is 0 Å². The van der Waals surface area contributed by atoms with Crippen LogP contribution in [0.25, 0.3) is 0 Å². The normalized spacial score (nSPS) is 17.1. The van der Waals surface area contributed by atoms with Crippen molar-refractivity contribution < 1.29 is 23.9 Å². The van der Waals surface area contributed by atoms with Crippen molar-refractivity contribution >= 4 is 5.97 Å². The van der Waals surface area contributed by atoms with Gasteiger partial charge in [-0.05, 0) is 25.7 Å². The van der Waals surface area contributed by atoms with E-state index in [1.165, 1.54) is 49.8 Å². The summed E-state index contributed by atoms with van der Waals surface area (Å²) in [6.45, 7) is 7.66. The Labute approximate surface area is 123 Å². The number of ether oxygens (including phenoxy) is 2. The Morgan fingerprint density at radius 3 is 2.30 bits per heavy atom. The fourth-order valence-corrected chi connectivity index (χ4v) is 2.44. The summed E-state index contributed by atoms with van der Waals surface area (Å²) in [6.07, 6.45) is 5.67. The van der Waals surface area contributed by atoms with Gasteiger partial charge in [-0.1, -0.05) is 6.92 Å². The Hall–Kier alpha value is -0.650. The molecule has 0 aliphatic carbocycles. The average Bonchev–Trinajstić information content (AvgIpc) is 2.40. The zero-order chi connectivity index (χ0) is 15.3. The van der Waals surface area contributed by atoms with Gasteiger partial charge in [0, 0.05) is 19.5 Å². The van der Waals surface area contributed by atoms with Gasteiger partial charge in [-0.15, -0.1) is 0 Å². The molecule has 0 unspecified atom stereocenters. The predicted molar refractivity (Wildman–Crippen MR) is 77.2 cm³/mol. The molecule has 1 aliphatic heterocycles. The number of quaternary nitrogens is 1. The molecule has 0 atom stereocenters. The first-order chi connectivity index (χ1) is 9.54. The maximum Gasteiger partial charge on any atom is 0.0784 e. The number of nitrogens with zero attached hydrogens (tertiary/aromatic N) is 1. The average molecular weight is 289 g/mol. The third kappa shape index (κ3) is 11.2. The Balaban J connectivity index is 0.000000361. The Morgan fingerprint density at radius 2 is 1.80 bits per heavy atom. The fraction of sp³-hybridized carbons (Fsp3) is 0.933. The summed E-state index contributed by atoms with van der Waals surface area (Å²) < 4.78 is 10.8. The second-order valence-corrected chi connectivity index (χ2v) is 5.58. The summed E-state index contributed by atoms with van der Waals surface area (Å²) in [5, 5.41) is 9.81. The summed E-state index contributed by atoms with van der Waals surface area (Å²) in [7, 11) is 3.96. The van der Waals surface area contributed by atoms with Crippen molar-refractivity contribution in [1.82, 2.24) is 0 Å². The summed E-state index contributed by atoms with van der Waals surface area (Å²) in [5.41, 5.74) is 0. The Bertz CT molecular complexity index is 235. The van der Waals surface area contributed by atoms with Crippen molar-refractivity contribution in [3.63, 3.8) is 0 Å². The number of aliphatic carboxylic acids is 1. The van der Waals surface area contributed by atoms with E-state index in [0.717, 1.165) is 0 Å². The number of carbonyl (C=O) groups excluding carboxylic acids is 1. The van der Waals surface area contributed by atoms with Crippen LogP contribution in [-0.2, 0) is 14.3 Å². The van der Waals surface area contributed by atoms with Crippen molar-refractivity contribution in [1.29, 1.82) is 0 Å². The molecule has 0 bridgehead atoms. The highest BCUT2D eigenvalue weighted by atomic mass is 16.5. The Morgan fingerprint density at radius 1 is 1.15 bits per heavy atom. The van der Waals surface area contributed by atoms with Gasteiger partial charge in [0.05, 0.1) is 46.5 Å². The lowest BCUT2D eigenvalue weighted by atomic mass is 10.1. The van der Waals surface area contributed by atoms with Gasteiger partial charge in [-0.25, -0.2) is 0 Å². The molecule has 1 heterocycles. The monoisotopic (exact) mass is 289 g/mol. The summed E-state index contributed by atoms with van der Waals surface area (Å²) in [4.78, 5) is 9.81. The van der Waals surface area contributed by atoms with E-state index in [-0.39, 0.29) is 13.0 Å².